The molecule has 0 bridgehead atoms. The highest BCUT2D eigenvalue weighted by Crippen LogP contribution is 2.37. The zero-order chi connectivity index (χ0) is 19.8. The van der Waals surface area contributed by atoms with Gasteiger partial charge in [0, 0.05) is 17.3 Å². The SMILES string of the molecule is CCOc1cc(/C=N\NC(=O)Cc2ccc(N)cc2)cc([N+](=O)[O-])c1OC. The summed E-state index contributed by atoms with van der Waals surface area (Å²) in [6, 6.07) is 9.75. The first-order valence-corrected chi connectivity index (χ1v) is 8.10. The highest BCUT2D eigenvalue weighted by molar-refractivity contribution is 5.85. The van der Waals surface area contributed by atoms with E-state index in [1.165, 1.54) is 19.4 Å². The highest BCUT2D eigenvalue weighted by atomic mass is 16.6. The minimum Gasteiger partial charge on any atom is -0.490 e. The molecule has 0 heterocycles. The van der Waals surface area contributed by atoms with Crippen molar-refractivity contribution in [2.75, 3.05) is 19.5 Å². The Kier molecular flexibility index (Phi) is 6.70. The summed E-state index contributed by atoms with van der Waals surface area (Å²) in [5.74, 6) is -0.0701. The highest BCUT2D eigenvalue weighted by Gasteiger charge is 2.21. The van der Waals surface area contributed by atoms with Crippen LogP contribution in [0, 0.1) is 10.1 Å². The number of carbonyl (C=O) groups excluding carboxylic acids is 1. The van der Waals surface area contributed by atoms with Gasteiger partial charge in [0.05, 0.1) is 31.3 Å². The van der Waals surface area contributed by atoms with Crippen LogP contribution in [-0.4, -0.2) is 30.8 Å². The fraction of sp³-hybridized carbons (Fsp3) is 0.222. The number of nitro benzene ring substituents is 1. The molecule has 142 valence electrons. The number of ether oxygens (including phenoxy) is 2. The van der Waals surface area contributed by atoms with Crippen LogP contribution in [-0.2, 0) is 11.2 Å². The van der Waals surface area contributed by atoms with Gasteiger partial charge in [-0.2, -0.15) is 5.10 Å². The van der Waals surface area contributed by atoms with Gasteiger partial charge in [-0.3, -0.25) is 14.9 Å². The van der Waals surface area contributed by atoms with Gasteiger partial charge in [-0.15, -0.1) is 0 Å². The second kappa shape index (κ2) is 9.18. The summed E-state index contributed by atoms with van der Waals surface area (Å²) in [6.45, 7) is 2.07. The summed E-state index contributed by atoms with van der Waals surface area (Å²) in [5, 5.41) is 15.1. The van der Waals surface area contributed by atoms with Gasteiger partial charge in [-0.25, -0.2) is 5.43 Å². The number of anilines is 1. The smallest absolute Gasteiger partial charge is 0.315 e. The van der Waals surface area contributed by atoms with Crippen LogP contribution in [0.4, 0.5) is 11.4 Å². The lowest BCUT2D eigenvalue weighted by molar-refractivity contribution is -0.385. The number of nitrogen functional groups attached to an aromatic ring is 1. The van der Waals surface area contributed by atoms with E-state index in [9.17, 15) is 14.9 Å². The van der Waals surface area contributed by atoms with Crippen molar-refractivity contribution in [2.45, 2.75) is 13.3 Å². The van der Waals surface area contributed by atoms with E-state index in [0.717, 1.165) is 5.56 Å². The second-order valence-electron chi connectivity index (χ2n) is 5.47. The molecular weight excluding hydrogens is 352 g/mol. The average molecular weight is 372 g/mol. The molecule has 2 aromatic rings. The van der Waals surface area contributed by atoms with Crippen molar-refractivity contribution in [3.05, 3.63) is 57.6 Å². The third-order valence-corrected chi connectivity index (χ3v) is 3.51. The van der Waals surface area contributed by atoms with E-state index >= 15 is 0 Å². The number of methoxy groups -OCH3 is 1. The normalized spacial score (nSPS) is 10.6. The van der Waals surface area contributed by atoms with E-state index in [1.54, 1.807) is 37.3 Å². The van der Waals surface area contributed by atoms with Gasteiger partial charge in [-0.05, 0) is 30.7 Å². The Labute approximate surface area is 155 Å². The van der Waals surface area contributed by atoms with E-state index in [-0.39, 0.29) is 29.5 Å². The van der Waals surface area contributed by atoms with Crippen LogP contribution in [0.2, 0.25) is 0 Å². The lowest BCUT2D eigenvalue weighted by Gasteiger charge is -2.10. The van der Waals surface area contributed by atoms with Crippen LogP contribution in [0.15, 0.2) is 41.5 Å². The minimum atomic E-state index is -0.571. The predicted octanol–water partition coefficient (Wildman–Crippen LogP) is 2.28. The van der Waals surface area contributed by atoms with Crippen LogP contribution in [0.1, 0.15) is 18.1 Å². The standard InChI is InChI=1S/C18H20N4O5/c1-3-27-16-9-13(8-15(22(24)25)18(16)26-2)11-20-21-17(23)10-12-4-6-14(19)7-5-12/h4-9,11H,3,10,19H2,1-2H3,(H,21,23)/b20-11-. The molecule has 2 aromatic carbocycles. The number of hydrogen-bond acceptors (Lipinski definition) is 7. The maximum Gasteiger partial charge on any atom is 0.315 e. The van der Waals surface area contributed by atoms with Gasteiger partial charge in [0.15, 0.2) is 5.75 Å². The zero-order valence-corrected chi connectivity index (χ0v) is 15.0. The van der Waals surface area contributed by atoms with Crippen molar-refractivity contribution in [1.29, 1.82) is 0 Å². The topological polar surface area (TPSA) is 129 Å². The van der Waals surface area contributed by atoms with Crippen molar-refractivity contribution in [3.63, 3.8) is 0 Å². The third-order valence-electron chi connectivity index (χ3n) is 3.51. The molecule has 0 saturated carbocycles. The first-order valence-electron chi connectivity index (χ1n) is 8.10. The van der Waals surface area contributed by atoms with Gasteiger partial charge in [0.1, 0.15) is 0 Å². The maximum atomic E-state index is 11.9. The first kappa shape index (κ1) is 19.7. The largest absolute Gasteiger partial charge is 0.490 e. The molecule has 0 atom stereocenters. The molecule has 0 unspecified atom stereocenters. The van der Waals surface area contributed by atoms with Gasteiger partial charge >= 0.3 is 5.69 Å². The third kappa shape index (κ3) is 5.43. The van der Waals surface area contributed by atoms with Gasteiger partial charge in [-0.1, -0.05) is 12.1 Å². The first-order chi connectivity index (χ1) is 12.9. The van der Waals surface area contributed by atoms with E-state index in [2.05, 4.69) is 10.5 Å². The number of rotatable bonds is 8. The van der Waals surface area contributed by atoms with Crippen molar-refractivity contribution in [1.82, 2.24) is 5.43 Å². The van der Waals surface area contributed by atoms with E-state index < -0.39 is 4.92 Å². The molecule has 0 aliphatic rings. The molecule has 0 fully saturated rings. The number of nitrogens with one attached hydrogen (secondary N) is 1. The molecule has 1 amide bonds. The second-order valence-corrected chi connectivity index (χ2v) is 5.47. The van der Waals surface area contributed by atoms with Crippen molar-refractivity contribution >= 4 is 23.5 Å². The number of carbonyl (C=O) groups is 1. The van der Waals surface area contributed by atoms with Crippen LogP contribution in [0.5, 0.6) is 11.5 Å². The van der Waals surface area contributed by atoms with Crippen molar-refractivity contribution in [3.8, 4) is 11.5 Å². The van der Waals surface area contributed by atoms with Gasteiger partial charge < -0.3 is 15.2 Å². The minimum absolute atomic E-state index is 0.0337. The number of benzene rings is 2. The number of nitrogens with two attached hydrogens (primary N) is 1. The lowest BCUT2D eigenvalue weighted by atomic mass is 10.1. The molecular formula is C18H20N4O5. The van der Waals surface area contributed by atoms with Crippen LogP contribution in [0.3, 0.4) is 0 Å². The van der Waals surface area contributed by atoms with E-state index in [4.69, 9.17) is 15.2 Å². The summed E-state index contributed by atoms with van der Waals surface area (Å²) in [7, 11) is 1.33. The number of hydrazone groups is 1. The summed E-state index contributed by atoms with van der Waals surface area (Å²) in [4.78, 5) is 22.6. The Morgan fingerprint density at radius 3 is 2.63 bits per heavy atom. The van der Waals surface area contributed by atoms with Crippen molar-refractivity contribution < 1.29 is 19.2 Å². The van der Waals surface area contributed by atoms with Gasteiger partial charge in [0.25, 0.3) is 0 Å². The molecule has 0 saturated heterocycles. The number of nitrogens with zero attached hydrogens (tertiary/aromatic N) is 2. The summed E-state index contributed by atoms with van der Waals surface area (Å²) < 4.78 is 10.5. The fourth-order valence-corrected chi connectivity index (χ4v) is 2.33. The predicted molar refractivity (Wildman–Crippen MR) is 101 cm³/mol. The summed E-state index contributed by atoms with van der Waals surface area (Å²) in [6.07, 6.45) is 1.43. The monoisotopic (exact) mass is 372 g/mol. The molecule has 0 aliphatic carbocycles. The Morgan fingerprint density at radius 1 is 1.33 bits per heavy atom. The molecule has 0 radical (unpaired) electrons. The van der Waals surface area contributed by atoms with Crippen LogP contribution >= 0.6 is 0 Å². The van der Waals surface area contributed by atoms with E-state index in [0.29, 0.717) is 17.9 Å². The number of hydrogen-bond donors (Lipinski definition) is 2. The molecule has 9 heteroatoms. The Bertz CT molecular complexity index is 850. The molecule has 0 aromatic heterocycles. The lowest BCUT2D eigenvalue weighted by Crippen LogP contribution is -2.19. The molecule has 27 heavy (non-hydrogen) atoms. The number of amides is 1. The molecule has 0 aliphatic heterocycles. The Balaban J connectivity index is 2.12. The maximum absolute atomic E-state index is 11.9. The molecule has 3 N–H and O–H groups in total. The molecule has 0 spiro atoms. The summed E-state index contributed by atoms with van der Waals surface area (Å²) >= 11 is 0. The zero-order valence-electron chi connectivity index (χ0n) is 15.0. The van der Waals surface area contributed by atoms with Gasteiger partial charge in [0.2, 0.25) is 11.7 Å². The fourth-order valence-electron chi connectivity index (χ4n) is 2.33. The number of nitro groups is 1. The molecule has 9 nitrogen and oxygen atoms in total. The van der Waals surface area contributed by atoms with Crippen LogP contribution < -0.4 is 20.6 Å². The summed E-state index contributed by atoms with van der Waals surface area (Å²) in [5.41, 5.74) is 9.52. The van der Waals surface area contributed by atoms with Crippen LogP contribution in [0.25, 0.3) is 0 Å². The Hall–Kier alpha value is -3.62. The Morgan fingerprint density at radius 2 is 2.04 bits per heavy atom. The van der Waals surface area contributed by atoms with Crippen molar-refractivity contribution in [2.24, 2.45) is 5.10 Å². The van der Waals surface area contributed by atoms with E-state index in [1.807, 2.05) is 0 Å². The molecule has 2 rings (SSSR count). The quantitative estimate of drug-likeness (QED) is 0.316. The average Bonchev–Trinajstić information content (AvgIpc) is 2.63.